The van der Waals surface area contributed by atoms with Crippen LogP contribution < -0.4 is 0 Å². The summed E-state index contributed by atoms with van der Waals surface area (Å²) in [6, 6.07) is 0. The highest BCUT2D eigenvalue weighted by Crippen LogP contribution is 2.41. The van der Waals surface area contributed by atoms with Crippen molar-refractivity contribution in [3.05, 3.63) is 0 Å². The third kappa shape index (κ3) is 4.45. The Bertz CT molecular complexity index is 157. The van der Waals surface area contributed by atoms with Crippen LogP contribution in [0, 0.1) is 0 Å². The molecule has 0 aliphatic rings. The molecule has 14 heavy (non-hydrogen) atoms. The van der Waals surface area contributed by atoms with Crippen molar-refractivity contribution in [2.45, 2.75) is 58.2 Å². The first-order valence-corrected chi connectivity index (χ1v) is 9.60. The Hall–Kier alpha value is 0.657. The number of rotatable bonds is 7. The maximum Gasteiger partial charge on any atom is 0.192 e. The Morgan fingerprint density at radius 2 is 1.86 bits per heavy atom. The van der Waals surface area contributed by atoms with Gasteiger partial charge in [0.2, 0.25) is 0 Å². The molecule has 0 saturated heterocycles. The SMILES string of the molecule is CCCC(C)(C)[Si](C)(C)OCCCBr. The molecule has 0 unspecified atom stereocenters. The van der Waals surface area contributed by atoms with Gasteiger partial charge in [0.25, 0.3) is 0 Å². The molecule has 86 valence electrons. The molecule has 0 bridgehead atoms. The second-order valence-electron chi connectivity index (χ2n) is 5.04. The van der Waals surface area contributed by atoms with Gasteiger partial charge >= 0.3 is 0 Å². The smallest absolute Gasteiger partial charge is 0.192 e. The predicted octanol–water partition coefficient (Wildman–Crippen LogP) is 4.57. The van der Waals surface area contributed by atoms with E-state index in [1.807, 2.05) is 0 Å². The maximum atomic E-state index is 6.10. The normalized spacial score (nSPS) is 13.3. The number of hydrogen-bond donors (Lipinski definition) is 0. The lowest BCUT2D eigenvalue weighted by atomic mass is 10.1. The molecular weight excluding hydrogens is 256 g/mol. The molecule has 0 aliphatic carbocycles. The van der Waals surface area contributed by atoms with E-state index in [0.29, 0.717) is 5.04 Å². The van der Waals surface area contributed by atoms with Crippen LogP contribution in [0.4, 0.5) is 0 Å². The third-order valence-corrected chi connectivity index (χ3v) is 8.24. The molecule has 0 heterocycles. The summed E-state index contributed by atoms with van der Waals surface area (Å²) >= 11 is 3.43. The summed E-state index contributed by atoms with van der Waals surface area (Å²) < 4.78 is 6.10. The van der Waals surface area contributed by atoms with Gasteiger partial charge < -0.3 is 4.43 Å². The lowest BCUT2D eigenvalue weighted by Gasteiger charge is -2.39. The van der Waals surface area contributed by atoms with E-state index in [1.165, 1.54) is 12.8 Å². The molecule has 3 heteroatoms. The zero-order valence-corrected chi connectivity index (χ0v) is 12.9. The second kappa shape index (κ2) is 6.29. The van der Waals surface area contributed by atoms with Crippen molar-refractivity contribution in [2.75, 3.05) is 11.9 Å². The first-order valence-electron chi connectivity index (χ1n) is 5.57. The van der Waals surface area contributed by atoms with Crippen LogP contribution in [-0.2, 0) is 4.43 Å². The van der Waals surface area contributed by atoms with Crippen LogP contribution in [0.3, 0.4) is 0 Å². The Morgan fingerprint density at radius 1 is 1.29 bits per heavy atom. The van der Waals surface area contributed by atoms with Gasteiger partial charge in [0.05, 0.1) is 0 Å². The van der Waals surface area contributed by atoms with E-state index in [0.717, 1.165) is 18.4 Å². The van der Waals surface area contributed by atoms with E-state index >= 15 is 0 Å². The summed E-state index contributed by atoms with van der Waals surface area (Å²) in [5, 5.41) is 1.44. The highest BCUT2D eigenvalue weighted by atomic mass is 79.9. The fraction of sp³-hybridized carbons (Fsp3) is 1.00. The summed E-state index contributed by atoms with van der Waals surface area (Å²) in [6.45, 7) is 12.6. The Morgan fingerprint density at radius 3 is 2.29 bits per heavy atom. The molecule has 0 aromatic heterocycles. The largest absolute Gasteiger partial charge is 0.417 e. The van der Waals surface area contributed by atoms with Crippen molar-refractivity contribution < 1.29 is 4.43 Å². The quantitative estimate of drug-likeness (QED) is 0.377. The van der Waals surface area contributed by atoms with E-state index in [-0.39, 0.29) is 0 Å². The van der Waals surface area contributed by atoms with Crippen LogP contribution in [-0.4, -0.2) is 20.3 Å². The Kier molecular flexibility index (Phi) is 6.58. The Labute approximate surface area is 98.9 Å². The van der Waals surface area contributed by atoms with E-state index in [4.69, 9.17) is 4.43 Å². The standard InChI is InChI=1S/C11H25BrOSi/c1-6-8-11(2,3)14(4,5)13-10-7-9-12/h6-10H2,1-5H3. The second-order valence-corrected chi connectivity index (χ2v) is 10.5. The number of hydrogen-bond acceptors (Lipinski definition) is 1. The summed E-state index contributed by atoms with van der Waals surface area (Å²) in [6.07, 6.45) is 3.66. The minimum Gasteiger partial charge on any atom is -0.417 e. The van der Waals surface area contributed by atoms with Crippen LogP contribution in [0.15, 0.2) is 0 Å². The van der Waals surface area contributed by atoms with Gasteiger partial charge in [-0.15, -0.1) is 0 Å². The van der Waals surface area contributed by atoms with E-state index in [9.17, 15) is 0 Å². The maximum absolute atomic E-state index is 6.10. The molecule has 0 aromatic carbocycles. The first kappa shape index (κ1) is 14.7. The average molecular weight is 281 g/mol. The van der Waals surface area contributed by atoms with Crippen molar-refractivity contribution in [1.29, 1.82) is 0 Å². The van der Waals surface area contributed by atoms with Crippen LogP contribution in [0.1, 0.15) is 40.0 Å². The van der Waals surface area contributed by atoms with Gasteiger partial charge in [-0.05, 0) is 31.0 Å². The molecule has 0 atom stereocenters. The molecule has 0 saturated carbocycles. The summed E-state index contributed by atoms with van der Waals surface area (Å²) in [7, 11) is -1.51. The summed E-state index contributed by atoms with van der Waals surface area (Å²) in [5.74, 6) is 0. The number of alkyl halides is 1. The van der Waals surface area contributed by atoms with Gasteiger partial charge in [-0.3, -0.25) is 0 Å². The molecule has 0 N–H and O–H groups in total. The van der Waals surface area contributed by atoms with Gasteiger partial charge in [0.15, 0.2) is 8.32 Å². The van der Waals surface area contributed by atoms with Gasteiger partial charge in [-0.25, -0.2) is 0 Å². The van der Waals surface area contributed by atoms with Crippen LogP contribution in [0.2, 0.25) is 18.1 Å². The van der Waals surface area contributed by atoms with Gasteiger partial charge in [0, 0.05) is 11.9 Å². The van der Waals surface area contributed by atoms with Crippen molar-refractivity contribution in [1.82, 2.24) is 0 Å². The van der Waals surface area contributed by atoms with Crippen LogP contribution in [0.25, 0.3) is 0 Å². The Balaban J connectivity index is 4.13. The molecule has 0 fully saturated rings. The lowest BCUT2D eigenvalue weighted by molar-refractivity contribution is 0.282. The van der Waals surface area contributed by atoms with Crippen molar-refractivity contribution in [3.63, 3.8) is 0 Å². The highest BCUT2D eigenvalue weighted by Gasteiger charge is 2.39. The fourth-order valence-electron chi connectivity index (χ4n) is 1.50. The predicted molar refractivity (Wildman–Crippen MR) is 70.8 cm³/mol. The molecule has 0 radical (unpaired) electrons. The molecule has 0 spiro atoms. The fourth-order valence-corrected chi connectivity index (χ4v) is 3.63. The van der Waals surface area contributed by atoms with E-state index < -0.39 is 8.32 Å². The third-order valence-electron chi connectivity index (χ3n) is 3.25. The van der Waals surface area contributed by atoms with Crippen molar-refractivity contribution >= 4 is 24.2 Å². The van der Waals surface area contributed by atoms with Gasteiger partial charge in [0.1, 0.15) is 0 Å². The summed E-state index contributed by atoms with van der Waals surface area (Å²) in [5.41, 5.74) is 0. The van der Waals surface area contributed by atoms with Crippen LogP contribution in [0.5, 0.6) is 0 Å². The van der Waals surface area contributed by atoms with E-state index in [2.05, 4.69) is 49.8 Å². The highest BCUT2D eigenvalue weighted by molar-refractivity contribution is 9.09. The zero-order chi connectivity index (χ0) is 11.2. The van der Waals surface area contributed by atoms with Crippen molar-refractivity contribution in [2.24, 2.45) is 0 Å². The van der Waals surface area contributed by atoms with E-state index in [1.54, 1.807) is 0 Å². The monoisotopic (exact) mass is 280 g/mol. The van der Waals surface area contributed by atoms with Gasteiger partial charge in [-0.1, -0.05) is 43.1 Å². The molecule has 1 nitrogen and oxygen atoms in total. The average Bonchev–Trinajstić information content (AvgIpc) is 2.04. The number of halogens is 1. The zero-order valence-electron chi connectivity index (χ0n) is 10.3. The lowest BCUT2D eigenvalue weighted by Crippen LogP contribution is -2.42. The molecule has 0 aliphatic heterocycles. The minimum absolute atomic E-state index is 0.397. The molecule has 0 aromatic rings. The first-order chi connectivity index (χ1) is 6.37. The summed E-state index contributed by atoms with van der Waals surface area (Å²) in [4.78, 5) is 0. The molecule has 0 rings (SSSR count). The topological polar surface area (TPSA) is 9.23 Å². The molecule has 0 amide bonds. The molecular formula is C11H25BrOSi. The van der Waals surface area contributed by atoms with Gasteiger partial charge in [-0.2, -0.15) is 0 Å². The van der Waals surface area contributed by atoms with Crippen molar-refractivity contribution in [3.8, 4) is 0 Å². The minimum atomic E-state index is -1.51. The van der Waals surface area contributed by atoms with Crippen LogP contribution >= 0.6 is 15.9 Å².